The van der Waals surface area contributed by atoms with Crippen molar-refractivity contribution in [3.63, 3.8) is 0 Å². The van der Waals surface area contributed by atoms with Gasteiger partial charge in [-0.2, -0.15) is 0 Å². The van der Waals surface area contributed by atoms with Crippen molar-refractivity contribution >= 4 is 23.1 Å². The summed E-state index contributed by atoms with van der Waals surface area (Å²) in [4.78, 5) is 30.3. The van der Waals surface area contributed by atoms with Gasteiger partial charge >= 0.3 is 0 Å². The van der Waals surface area contributed by atoms with Gasteiger partial charge in [0.1, 0.15) is 17.3 Å². The first-order valence-corrected chi connectivity index (χ1v) is 12.6. The van der Waals surface area contributed by atoms with Gasteiger partial charge in [-0.15, -0.1) is 0 Å². The molecule has 7 heteroatoms. The quantitative estimate of drug-likeness (QED) is 0.233. The van der Waals surface area contributed by atoms with E-state index in [4.69, 9.17) is 9.47 Å². The number of carbonyl (C=O) groups is 2. The molecule has 0 aliphatic carbocycles. The number of nitrogens with zero attached hydrogens (tertiary/aromatic N) is 2. The maximum Gasteiger partial charge on any atom is 0.295 e. The van der Waals surface area contributed by atoms with E-state index < -0.39 is 17.7 Å². The van der Waals surface area contributed by atoms with Crippen LogP contribution in [0.5, 0.6) is 11.5 Å². The molecule has 1 heterocycles. The van der Waals surface area contributed by atoms with Crippen molar-refractivity contribution < 1.29 is 24.2 Å². The Balaban J connectivity index is 1.78. The standard InChI is InChI=1S/C31H34N2O5/c1-20(2)19-38-25-16-12-22(13-17-25)29(34)27-28(21-10-14-24(15-11-21)32(3)4)33(31(36)30(27)35)18-23-8-6-7-9-26(23)37-5/h6-17,20,28,34H,18-19H2,1-5H3/b29-27-. The van der Waals surface area contributed by atoms with Crippen molar-refractivity contribution in [2.75, 3.05) is 32.7 Å². The Labute approximate surface area is 223 Å². The molecule has 1 atom stereocenters. The minimum Gasteiger partial charge on any atom is -0.507 e. The Morgan fingerprint density at radius 2 is 1.63 bits per heavy atom. The summed E-state index contributed by atoms with van der Waals surface area (Å²) in [6.45, 7) is 4.85. The molecule has 0 spiro atoms. The molecule has 198 valence electrons. The molecule has 0 radical (unpaired) electrons. The third-order valence-electron chi connectivity index (χ3n) is 6.51. The highest BCUT2D eigenvalue weighted by molar-refractivity contribution is 6.46. The SMILES string of the molecule is COc1ccccc1CN1C(=O)C(=O)/C(=C(\O)c2ccc(OCC(C)C)cc2)C1c1ccc(N(C)C)cc1. The van der Waals surface area contributed by atoms with E-state index in [0.717, 1.165) is 16.8 Å². The topological polar surface area (TPSA) is 79.3 Å². The molecule has 7 nitrogen and oxygen atoms in total. The van der Waals surface area contributed by atoms with E-state index in [1.165, 1.54) is 4.90 Å². The number of hydrogen-bond acceptors (Lipinski definition) is 6. The Bertz CT molecular complexity index is 1330. The van der Waals surface area contributed by atoms with E-state index in [-0.39, 0.29) is 17.9 Å². The second-order valence-electron chi connectivity index (χ2n) is 9.95. The van der Waals surface area contributed by atoms with Crippen molar-refractivity contribution in [2.45, 2.75) is 26.4 Å². The van der Waals surface area contributed by atoms with E-state index in [1.807, 2.05) is 67.5 Å². The number of methoxy groups -OCH3 is 1. The van der Waals surface area contributed by atoms with Gasteiger partial charge in [-0.3, -0.25) is 9.59 Å². The van der Waals surface area contributed by atoms with Crippen LogP contribution in [0.15, 0.2) is 78.4 Å². The molecule has 3 aromatic carbocycles. The number of hydrogen-bond donors (Lipinski definition) is 1. The molecule has 0 saturated carbocycles. The zero-order valence-electron chi connectivity index (χ0n) is 22.5. The largest absolute Gasteiger partial charge is 0.507 e. The van der Waals surface area contributed by atoms with Crippen molar-refractivity contribution in [3.05, 3.63) is 95.1 Å². The summed E-state index contributed by atoms with van der Waals surface area (Å²) in [5, 5.41) is 11.4. The van der Waals surface area contributed by atoms with Crippen LogP contribution in [0.4, 0.5) is 5.69 Å². The van der Waals surface area contributed by atoms with Crippen molar-refractivity contribution in [1.29, 1.82) is 0 Å². The molecule has 1 unspecified atom stereocenters. The molecule has 1 N–H and O–H groups in total. The van der Waals surface area contributed by atoms with Crippen LogP contribution < -0.4 is 14.4 Å². The van der Waals surface area contributed by atoms with Crippen LogP contribution in [0.3, 0.4) is 0 Å². The van der Waals surface area contributed by atoms with Crippen LogP contribution in [0.25, 0.3) is 5.76 Å². The second-order valence-corrected chi connectivity index (χ2v) is 9.95. The Hall–Kier alpha value is -4.26. The number of aliphatic hydroxyl groups excluding tert-OH is 1. The number of amides is 1. The predicted molar refractivity (Wildman–Crippen MR) is 148 cm³/mol. The number of aliphatic hydroxyl groups is 1. The molecule has 0 bridgehead atoms. The first-order valence-electron chi connectivity index (χ1n) is 12.6. The molecule has 3 aromatic rings. The Kier molecular flexibility index (Phi) is 8.05. The molecule has 38 heavy (non-hydrogen) atoms. The molecular formula is C31H34N2O5. The predicted octanol–water partition coefficient (Wildman–Crippen LogP) is 5.42. The zero-order chi connectivity index (χ0) is 27.4. The average molecular weight is 515 g/mol. The molecule has 1 saturated heterocycles. The minimum absolute atomic E-state index is 0.0540. The maximum atomic E-state index is 13.4. The first-order chi connectivity index (χ1) is 18.2. The van der Waals surface area contributed by atoms with Gasteiger partial charge in [0.05, 0.1) is 31.9 Å². The number of ether oxygens (including phenoxy) is 2. The monoisotopic (exact) mass is 514 g/mol. The van der Waals surface area contributed by atoms with Gasteiger partial charge in [0.15, 0.2) is 0 Å². The van der Waals surface area contributed by atoms with Gasteiger partial charge in [0, 0.05) is 30.9 Å². The minimum atomic E-state index is -0.770. The van der Waals surface area contributed by atoms with Crippen LogP contribution in [0.2, 0.25) is 0 Å². The van der Waals surface area contributed by atoms with Crippen molar-refractivity contribution in [3.8, 4) is 11.5 Å². The summed E-state index contributed by atoms with van der Waals surface area (Å²) in [5.41, 5.74) is 2.96. The highest BCUT2D eigenvalue weighted by atomic mass is 16.5. The number of Topliss-reactive ketones (excluding diaryl/α,β-unsaturated/α-hetero) is 1. The third-order valence-corrected chi connectivity index (χ3v) is 6.51. The van der Waals surface area contributed by atoms with E-state index in [0.29, 0.717) is 29.6 Å². The van der Waals surface area contributed by atoms with E-state index in [9.17, 15) is 14.7 Å². The van der Waals surface area contributed by atoms with Crippen molar-refractivity contribution in [1.82, 2.24) is 4.90 Å². The number of carbonyl (C=O) groups excluding carboxylic acids is 2. The van der Waals surface area contributed by atoms with Gasteiger partial charge < -0.3 is 24.4 Å². The van der Waals surface area contributed by atoms with E-state index in [2.05, 4.69) is 13.8 Å². The fourth-order valence-electron chi connectivity index (χ4n) is 4.49. The molecule has 1 fully saturated rings. The summed E-state index contributed by atoms with van der Waals surface area (Å²) in [7, 11) is 5.45. The van der Waals surface area contributed by atoms with Crippen LogP contribution in [0, 0.1) is 5.92 Å². The van der Waals surface area contributed by atoms with Crippen molar-refractivity contribution in [2.24, 2.45) is 5.92 Å². The number of rotatable bonds is 9. The molecule has 1 aliphatic rings. The van der Waals surface area contributed by atoms with Crippen LogP contribution >= 0.6 is 0 Å². The molecular weight excluding hydrogens is 480 g/mol. The van der Waals surface area contributed by atoms with E-state index >= 15 is 0 Å². The number of anilines is 1. The zero-order valence-corrected chi connectivity index (χ0v) is 22.5. The molecule has 1 amide bonds. The summed E-state index contributed by atoms with van der Waals surface area (Å²) in [5.74, 6) is 0.0511. The Morgan fingerprint density at radius 3 is 2.24 bits per heavy atom. The lowest BCUT2D eigenvalue weighted by molar-refractivity contribution is -0.140. The lowest BCUT2D eigenvalue weighted by atomic mass is 9.95. The normalized spacial score (nSPS) is 16.7. The summed E-state index contributed by atoms with van der Waals surface area (Å²) >= 11 is 0. The van der Waals surface area contributed by atoms with Crippen LogP contribution in [-0.4, -0.2) is 49.5 Å². The number of para-hydroxylation sites is 1. The fraction of sp³-hybridized carbons (Fsp3) is 0.290. The van der Waals surface area contributed by atoms with Crippen LogP contribution in [0.1, 0.15) is 36.6 Å². The lowest BCUT2D eigenvalue weighted by Gasteiger charge is -2.26. The highest BCUT2D eigenvalue weighted by Crippen LogP contribution is 2.41. The average Bonchev–Trinajstić information content (AvgIpc) is 3.17. The molecule has 0 aromatic heterocycles. The summed E-state index contributed by atoms with van der Waals surface area (Å²) in [6, 6.07) is 21.2. The Morgan fingerprint density at radius 1 is 0.974 bits per heavy atom. The summed E-state index contributed by atoms with van der Waals surface area (Å²) < 4.78 is 11.2. The smallest absolute Gasteiger partial charge is 0.295 e. The number of benzene rings is 3. The van der Waals surface area contributed by atoms with Gasteiger partial charge in [-0.1, -0.05) is 44.2 Å². The van der Waals surface area contributed by atoms with Gasteiger partial charge in [0.2, 0.25) is 0 Å². The molecule has 1 aliphatic heterocycles. The van der Waals surface area contributed by atoms with Gasteiger partial charge in [-0.25, -0.2) is 0 Å². The second kappa shape index (κ2) is 11.4. The third kappa shape index (κ3) is 5.52. The van der Waals surface area contributed by atoms with Crippen LogP contribution in [-0.2, 0) is 16.1 Å². The maximum absolute atomic E-state index is 13.4. The first kappa shape index (κ1) is 26.8. The lowest BCUT2D eigenvalue weighted by Crippen LogP contribution is -2.29. The summed E-state index contributed by atoms with van der Waals surface area (Å²) in [6.07, 6.45) is 0. The number of ketones is 1. The fourth-order valence-corrected chi connectivity index (χ4v) is 4.49. The van der Waals surface area contributed by atoms with E-state index in [1.54, 1.807) is 31.4 Å². The number of likely N-dealkylation sites (tertiary alicyclic amines) is 1. The molecule has 4 rings (SSSR count). The van der Waals surface area contributed by atoms with Gasteiger partial charge in [0.25, 0.3) is 11.7 Å². The highest BCUT2D eigenvalue weighted by Gasteiger charge is 2.46. The van der Waals surface area contributed by atoms with Gasteiger partial charge in [-0.05, 0) is 53.9 Å².